The van der Waals surface area contributed by atoms with Crippen molar-refractivity contribution in [2.24, 2.45) is 0 Å². The molecule has 0 bridgehead atoms. The Morgan fingerprint density at radius 2 is 2.21 bits per heavy atom. The molecule has 0 atom stereocenters. The van der Waals surface area contributed by atoms with Crippen LogP contribution in [0.5, 0.6) is 0 Å². The molecule has 1 heteroatoms. The van der Waals surface area contributed by atoms with Gasteiger partial charge in [-0.2, -0.15) is 0 Å². The number of aromatic nitrogens is 1. The third-order valence-corrected chi connectivity index (χ3v) is 2.20. The minimum absolute atomic E-state index is 1.02. The van der Waals surface area contributed by atoms with Gasteiger partial charge in [-0.25, -0.2) is 0 Å². The lowest BCUT2D eigenvalue weighted by molar-refractivity contribution is 1.15. The molecule has 0 spiro atoms. The normalized spacial score (nSPS) is 14.9. The molecule has 0 aliphatic carbocycles. The molecule has 0 aliphatic heterocycles. The molecule has 1 rings (SSSR count). The number of pyridine rings is 1. The van der Waals surface area contributed by atoms with Gasteiger partial charge in [-0.3, -0.25) is 4.98 Å². The van der Waals surface area contributed by atoms with E-state index in [-0.39, 0.29) is 0 Å². The Kier molecular flexibility index (Phi) is 4.11. The quantitative estimate of drug-likeness (QED) is 0.690. The molecule has 1 aromatic heterocycles. The van der Waals surface area contributed by atoms with Gasteiger partial charge in [-0.1, -0.05) is 31.2 Å². The highest BCUT2D eigenvalue weighted by molar-refractivity contribution is 5.55. The van der Waals surface area contributed by atoms with Gasteiger partial charge in [0.25, 0.3) is 0 Å². The minimum atomic E-state index is 1.02. The Balaban J connectivity index is 3.55. The third-order valence-electron chi connectivity index (χ3n) is 2.20. The molecule has 14 heavy (non-hydrogen) atoms. The Hall–Kier alpha value is -1.37. The Bertz CT molecular complexity index is 427. The van der Waals surface area contributed by atoms with Crippen molar-refractivity contribution in [3.63, 3.8) is 0 Å². The van der Waals surface area contributed by atoms with Crippen LogP contribution in [0.4, 0.5) is 0 Å². The molecule has 0 saturated carbocycles. The lowest BCUT2D eigenvalue weighted by Crippen LogP contribution is -2.29. The summed E-state index contributed by atoms with van der Waals surface area (Å²) in [5, 5.41) is 2.32. The lowest BCUT2D eigenvalue weighted by Gasteiger charge is -1.97. The van der Waals surface area contributed by atoms with Gasteiger partial charge >= 0.3 is 0 Å². The van der Waals surface area contributed by atoms with Crippen LogP contribution < -0.4 is 10.6 Å². The highest BCUT2D eigenvalue weighted by Gasteiger charge is 1.92. The average Bonchev–Trinajstić information content (AvgIpc) is 2.26. The SMILES string of the molecule is C/C=c1/cccn/c1=C(/C=C/C)CC. The summed E-state index contributed by atoms with van der Waals surface area (Å²) < 4.78 is 0. The van der Waals surface area contributed by atoms with Gasteiger partial charge in [0, 0.05) is 6.20 Å². The first-order chi connectivity index (χ1) is 6.83. The van der Waals surface area contributed by atoms with Gasteiger partial charge in [-0.15, -0.1) is 0 Å². The second-order valence-corrected chi connectivity index (χ2v) is 3.11. The first-order valence-corrected chi connectivity index (χ1v) is 5.06. The van der Waals surface area contributed by atoms with E-state index >= 15 is 0 Å². The van der Waals surface area contributed by atoms with Gasteiger partial charge in [0.05, 0.1) is 5.35 Å². The van der Waals surface area contributed by atoms with E-state index in [0.717, 1.165) is 11.8 Å². The van der Waals surface area contributed by atoms with Crippen LogP contribution >= 0.6 is 0 Å². The molecule has 1 heterocycles. The maximum Gasteiger partial charge on any atom is 0.0730 e. The van der Waals surface area contributed by atoms with Crippen LogP contribution in [-0.2, 0) is 0 Å². The van der Waals surface area contributed by atoms with Gasteiger partial charge in [0.15, 0.2) is 0 Å². The molecule has 0 aliphatic rings. The first-order valence-electron chi connectivity index (χ1n) is 5.06. The fourth-order valence-electron chi connectivity index (χ4n) is 1.48. The summed E-state index contributed by atoms with van der Waals surface area (Å²) in [5.74, 6) is 0. The maximum atomic E-state index is 4.42. The molecule has 0 amide bonds. The monoisotopic (exact) mass is 187 g/mol. The summed E-state index contributed by atoms with van der Waals surface area (Å²) in [6, 6.07) is 4.07. The second-order valence-electron chi connectivity index (χ2n) is 3.11. The molecular weight excluding hydrogens is 170 g/mol. The van der Waals surface area contributed by atoms with Gasteiger partial charge in [0.2, 0.25) is 0 Å². The first kappa shape index (κ1) is 10.7. The number of nitrogens with zero attached hydrogens (tertiary/aromatic N) is 1. The predicted octanol–water partition coefficient (Wildman–Crippen LogP) is 2.02. The van der Waals surface area contributed by atoms with E-state index in [1.807, 2.05) is 26.1 Å². The van der Waals surface area contributed by atoms with Crippen LogP contribution in [0.15, 0.2) is 30.5 Å². The van der Waals surface area contributed by atoms with Crippen LogP contribution in [0, 0.1) is 0 Å². The lowest BCUT2D eigenvalue weighted by atomic mass is 10.1. The largest absolute Gasteiger partial charge is 0.256 e. The molecule has 0 N–H and O–H groups in total. The standard InChI is InChI=1S/C13H17N/c1-4-8-11(5-2)13-12(6-3)9-7-10-14-13/h4,6-10H,5H2,1-3H3/b8-4+,12-6-,13-11+. The maximum absolute atomic E-state index is 4.42. The van der Waals surface area contributed by atoms with Crippen molar-refractivity contribution in [3.05, 3.63) is 41.0 Å². The number of hydrogen-bond donors (Lipinski definition) is 0. The Morgan fingerprint density at radius 1 is 1.43 bits per heavy atom. The van der Waals surface area contributed by atoms with Crippen LogP contribution in [0.3, 0.4) is 0 Å². The third kappa shape index (κ3) is 2.32. The zero-order valence-electron chi connectivity index (χ0n) is 9.12. The van der Waals surface area contributed by atoms with Crippen molar-refractivity contribution in [3.8, 4) is 0 Å². The van der Waals surface area contributed by atoms with E-state index in [1.54, 1.807) is 0 Å². The average molecular weight is 187 g/mol. The van der Waals surface area contributed by atoms with Crippen molar-refractivity contribution in [1.29, 1.82) is 0 Å². The van der Waals surface area contributed by atoms with E-state index in [4.69, 9.17) is 0 Å². The van der Waals surface area contributed by atoms with Crippen LogP contribution in [0.2, 0.25) is 0 Å². The number of rotatable bonds is 2. The van der Waals surface area contributed by atoms with Crippen molar-refractivity contribution in [2.75, 3.05) is 0 Å². The van der Waals surface area contributed by atoms with Crippen molar-refractivity contribution < 1.29 is 0 Å². The molecule has 0 unspecified atom stereocenters. The van der Waals surface area contributed by atoms with Crippen LogP contribution in [0.1, 0.15) is 27.2 Å². The van der Waals surface area contributed by atoms with Crippen LogP contribution in [0.25, 0.3) is 11.6 Å². The molecule has 1 aromatic rings. The van der Waals surface area contributed by atoms with Gasteiger partial charge in [0.1, 0.15) is 0 Å². The highest BCUT2D eigenvalue weighted by atomic mass is 14.6. The Morgan fingerprint density at radius 3 is 2.79 bits per heavy atom. The summed E-state index contributed by atoms with van der Waals surface area (Å²) in [7, 11) is 0. The summed E-state index contributed by atoms with van der Waals surface area (Å²) in [4.78, 5) is 4.42. The fraction of sp³-hybridized carbons (Fsp3) is 0.308. The summed E-state index contributed by atoms with van der Waals surface area (Å²) in [6.45, 7) is 6.24. The number of allylic oxidation sites excluding steroid dienone is 2. The fourth-order valence-corrected chi connectivity index (χ4v) is 1.48. The number of hydrogen-bond acceptors (Lipinski definition) is 1. The van der Waals surface area contributed by atoms with E-state index < -0.39 is 0 Å². The predicted molar refractivity (Wildman–Crippen MR) is 62.1 cm³/mol. The molecule has 1 nitrogen and oxygen atoms in total. The molecule has 0 fully saturated rings. The van der Waals surface area contributed by atoms with E-state index in [0.29, 0.717) is 0 Å². The van der Waals surface area contributed by atoms with Crippen molar-refractivity contribution in [1.82, 2.24) is 4.98 Å². The molecule has 0 radical (unpaired) electrons. The van der Waals surface area contributed by atoms with E-state index in [9.17, 15) is 0 Å². The van der Waals surface area contributed by atoms with Gasteiger partial charge in [-0.05, 0) is 37.1 Å². The van der Waals surface area contributed by atoms with Crippen molar-refractivity contribution >= 4 is 11.6 Å². The zero-order valence-corrected chi connectivity index (χ0v) is 9.12. The van der Waals surface area contributed by atoms with E-state index in [1.165, 1.54) is 10.8 Å². The minimum Gasteiger partial charge on any atom is -0.256 e. The zero-order chi connectivity index (χ0) is 10.4. The van der Waals surface area contributed by atoms with Gasteiger partial charge < -0.3 is 0 Å². The summed E-state index contributed by atoms with van der Waals surface area (Å²) in [6.07, 6.45) is 9.16. The van der Waals surface area contributed by atoms with Crippen molar-refractivity contribution in [2.45, 2.75) is 27.2 Å². The summed E-state index contributed by atoms with van der Waals surface area (Å²) >= 11 is 0. The second kappa shape index (κ2) is 5.38. The Labute approximate surface area is 85.5 Å². The van der Waals surface area contributed by atoms with Crippen LogP contribution in [-0.4, -0.2) is 4.98 Å². The summed E-state index contributed by atoms with van der Waals surface area (Å²) in [5.41, 5.74) is 1.29. The molecular formula is C13H17N. The van der Waals surface area contributed by atoms with E-state index in [2.05, 4.69) is 36.2 Å². The topological polar surface area (TPSA) is 12.9 Å². The molecule has 0 saturated heterocycles. The molecule has 0 aromatic carbocycles. The highest BCUT2D eigenvalue weighted by Crippen LogP contribution is 1.99. The smallest absolute Gasteiger partial charge is 0.0730 e. The molecule has 74 valence electrons.